The maximum absolute atomic E-state index is 10.8. The van der Waals surface area contributed by atoms with E-state index >= 15 is 0 Å². The maximum Gasteiger partial charge on any atom is 0.294 e. The van der Waals surface area contributed by atoms with Crippen LogP contribution in [0, 0.1) is 6.92 Å². The van der Waals surface area contributed by atoms with Gasteiger partial charge in [-0.3, -0.25) is 4.55 Å². The van der Waals surface area contributed by atoms with Crippen LogP contribution in [-0.4, -0.2) is 27.9 Å². The van der Waals surface area contributed by atoms with Gasteiger partial charge in [0.05, 0.1) is 16.8 Å². The van der Waals surface area contributed by atoms with Crippen LogP contribution >= 0.6 is 0 Å². The SMILES string of the molecule is Cc1nn(-c2ccc(S(=O)(=O)O)cc2)cc1O. The standard InChI is InChI=1S/C10H10N2O4S/c1-7-10(13)6-12(11-7)8-2-4-9(5-3-8)17(14,15)16/h2-6,13H,1H3,(H,14,15,16). The van der Waals surface area contributed by atoms with Gasteiger partial charge in [0, 0.05) is 0 Å². The van der Waals surface area contributed by atoms with E-state index in [1.54, 1.807) is 6.92 Å². The van der Waals surface area contributed by atoms with E-state index < -0.39 is 10.1 Å². The fourth-order valence-corrected chi connectivity index (χ4v) is 1.83. The summed E-state index contributed by atoms with van der Waals surface area (Å²) in [5, 5.41) is 13.4. The van der Waals surface area contributed by atoms with Crippen molar-refractivity contribution in [3.8, 4) is 11.4 Å². The molecule has 1 heterocycles. The minimum atomic E-state index is -4.18. The van der Waals surface area contributed by atoms with Crippen LogP contribution in [0.5, 0.6) is 5.75 Å². The molecule has 0 aliphatic rings. The quantitative estimate of drug-likeness (QED) is 0.784. The topological polar surface area (TPSA) is 92.4 Å². The zero-order chi connectivity index (χ0) is 12.6. The maximum atomic E-state index is 10.8. The molecule has 0 atom stereocenters. The average molecular weight is 254 g/mol. The number of nitrogens with zero attached hydrogens (tertiary/aromatic N) is 2. The van der Waals surface area contributed by atoms with E-state index in [9.17, 15) is 13.5 Å². The number of hydrogen-bond donors (Lipinski definition) is 2. The Morgan fingerprint density at radius 2 is 1.82 bits per heavy atom. The van der Waals surface area contributed by atoms with Gasteiger partial charge in [-0.15, -0.1) is 0 Å². The highest BCUT2D eigenvalue weighted by Crippen LogP contribution is 2.18. The first-order chi connectivity index (χ1) is 7.88. The summed E-state index contributed by atoms with van der Waals surface area (Å²) < 4.78 is 31.9. The summed E-state index contributed by atoms with van der Waals surface area (Å²) in [5.41, 5.74) is 1.06. The summed E-state index contributed by atoms with van der Waals surface area (Å²) >= 11 is 0. The third kappa shape index (κ3) is 2.29. The minimum Gasteiger partial charge on any atom is -0.504 e. The van der Waals surface area contributed by atoms with Gasteiger partial charge in [-0.25, -0.2) is 4.68 Å². The second-order valence-electron chi connectivity index (χ2n) is 3.51. The lowest BCUT2D eigenvalue weighted by Gasteiger charge is -2.01. The zero-order valence-corrected chi connectivity index (χ0v) is 9.72. The summed E-state index contributed by atoms with van der Waals surface area (Å²) in [7, 11) is -4.18. The van der Waals surface area contributed by atoms with Gasteiger partial charge < -0.3 is 5.11 Å². The summed E-state index contributed by atoms with van der Waals surface area (Å²) in [6.45, 7) is 1.65. The number of rotatable bonds is 2. The first kappa shape index (κ1) is 11.6. The van der Waals surface area contributed by atoms with Crippen molar-refractivity contribution >= 4 is 10.1 Å². The van der Waals surface area contributed by atoms with Crippen LogP contribution in [0.1, 0.15) is 5.69 Å². The molecule has 17 heavy (non-hydrogen) atoms. The van der Waals surface area contributed by atoms with E-state index in [2.05, 4.69) is 5.10 Å². The fraction of sp³-hybridized carbons (Fsp3) is 0.100. The molecule has 2 N–H and O–H groups in total. The number of benzene rings is 1. The van der Waals surface area contributed by atoms with E-state index in [1.807, 2.05) is 0 Å². The van der Waals surface area contributed by atoms with Gasteiger partial charge in [0.2, 0.25) is 0 Å². The van der Waals surface area contributed by atoms with Gasteiger partial charge in [0.1, 0.15) is 5.69 Å². The molecule has 0 amide bonds. The summed E-state index contributed by atoms with van der Waals surface area (Å²) in [4.78, 5) is -0.186. The monoisotopic (exact) mass is 254 g/mol. The molecular formula is C10H10N2O4S. The zero-order valence-electron chi connectivity index (χ0n) is 8.90. The van der Waals surface area contributed by atoms with Crippen molar-refractivity contribution in [2.24, 2.45) is 0 Å². The first-order valence-corrected chi connectivity index (χ1v) is 6.15. The van der Waals surface area contributed by atoms with Crippen LogP contribution in [0.4, 0.5) is 0 Å². The molecule has 2 aromatic rings. The third-order valence-corrected chi connectivity index (χ3v) is 3.14. The van der Waals surface area contributed by atoms with Crippen LogP contribution in [-0.2, 0) is 10.1 Å². The molecule has 0 saturated heterocycles. The Hall–Kier alpha value is -1.86. The van der Waals surface area contributed by atoms with Crippen LogP contribution < -0.4 is 0 Å². The van der Waals surface area contributed by atoms with E-state index in [4.69, 9.17) is 4.55 Å². The normalized spacial score (nSPS) is 11.6. The Kier molecular flexibility index (Phi) is 2.64. The third-order valence-electron chi connectivity index (χ3n) is 2.27. The molecule has 0 unspecified atom stereocenters. The lowest BCUT2D eigenvalue weighted by molar-refractivity contribution is 0.471. The lowest BCUT2D eigenvalue weighted by Crippen LogP contribution is -1.99. The van der Waals surface area contributed by atoms with Crippen molar-refractivity contribution in [1.29, 1.82) is 0 Å². The summed E-state index contributed by atoms with van der Waals surface area (Å²) in [6, 6.07) is 5.49. The molecule has 90 valence electrons. The van der Waals surface area contributed by atoms with Crippen molar-refractivity contribution in [3.63, 3.8) is 0 Å². The Morgan fingerprint density at radius 3 is 2.24 bits per heavy atom. The lowest BCUT2D eigenvalue weighted by atomic mass is 10.3. The molecule has 6 nitrogen and oxygen atoms in total. The van der Waals surface area contributed by atoms with E-state index in [0.717, 1.165) is 0 Å². The molecule has 1 aromatic heterocycles. The van der Waals surface area contributed by atoms with Crippen molar-refractivity contribution in [2.45, 2.75) is 11.8 Å². The van der Waals surface area contributed by atoms with E-state index in [-0.39, 0.29) is 10.6 Å². The highest BCUT2D eigenvalue weighted by molar-refractivity contribution is 7.85. The number of aromatic hydroxyl groups is 1. The molecular weight excluding hydrogens is 244 g/mol. The molecule has 0 saturated carbocycles. The van der Waals surface area contributed by atoms with Gasteiger partial charge in [0.15, 0.2) is 5.75 Å². The molecule has 0 fully saturated rings. The van der Waals surface area contributed by atoms with Crippen LogP contribution in [0.3, 0.4) is 0 Å². The molecule has 1 aromatic carbocycles. The number of aromatic nitrogens is 2. The molecule has 0 radical (unpaired) electrons. The van der Waals surface area contributed by atoms with Gasteiger partial charge in [-0.05, 0) is 31.2 Å². The smallest absolute Gasteiger partial charge is 0.294 e. The van der Waals surface area contributed by atoms with Gasteiger partial charge in [0.25, 0.3) is 10.1 Å². The Labute approximate surface area is 97.9 Å². The number of hydrogen-bond acceptors (Lipinski definition) is 4. The molecule has 0 spiro atoms. The van der Waals surface area contributed by atoms with Crippen LogP contribution in [0.2, 0.25) is 0 Å². The minimum absolute atomic E-state index is 0.0591. The Morgan fingerprint density at radius 1 is 1.24 bits per heavy atom. The second-order valence-corrected chi connectivity index (χ2v) is 4.93. The Balaban J connectivity index is 2.42. The molecule has 2 rings (SSSR count). The van der Waals surface area contributed by atoms with Crippen LogP contribution in [0.15, 0.2) is 35.4 Å². The summed E-state index contributed by atoms with van der Waals surface area (Å²) in [6.07, 6.45) is 1.41. The largest absolute Gasteiger partial charge is 0.504 e. The van der Waals surface area contributed by atoms with Crippen molar-refractivity contribution in [2.75, 3.05) is 0 Å². The second kappa shape index (κ2) is 3.86. The predicted octanol–water partition coefficient (Wildman–Crippen LogP) is 1.13. The molecule has 7 heteroatoms. The van der Waals surface area contributed by atoms with Crippen LogP contribution in [0.25, 0.3) is 5.69 Å². The highest BCUT2D eigenvalue weighted by Gasteiger charge is 2.10. The molecule has 0 aliphatic heterocycles. The average Bonchev–Trinajstić information content (AvgIpc) is 2.58. The van der Waals surface area contributed by atoms with E-state index in [0.29, 0.717) is 11.4 Å². The highest BCUT2D eigenvalue weighted by atomic mass is 32.2. The van der Waals surface area contributed by atoms with Crippen molar-refractivity contribution in [1.82, 2.24) is 9.78 Å². The number of aryl methyl sites for hydroxylation is 1. The first-order valence-electron chi connectivity index (χ1n) is 4.71. The molecule has 0 bridgehead atoms. The fourth-order valence-electron chi connectivity index (χ4n) is 1.35. The van der Waals surface area contributed by atoms with Crippen molar-refractivity contribution in [3.05, 3.63) is 36.2 Å². The van der Waals surface area contributed by atoms with Gasteiger partial charge in [-0.1, -0.05) is 0 Å². The molecule has 0 aliphatic carbocycles. The van der Waals surface area contributed by atoms with Crippen molar-refractivity contribution < 1.29 is 18.1 Å². The van der Waals surface area contributed by atoms with E-state index in [1.165, 1.54) is 35.1 Å². The van der Waals surface area contributed by atoms with Gasteiger partial charge >= 0.3 is 0 Å². The Bertz CT molecular complexity index is 624. The predicted molar refractivity (Wildman–Crippen MR) is 59.8 cm³/mol. The summed E-state index contributed by atoms with van der Waals surface area (Å²) in [5.74, 6) is 0.0591. The van der Waals surface area contributed by atoms with Gasteiger partial charge in [-0.2, -0.15) is 13.5 Å².